The maximum atomic E-state index is 13.5. The molecular formula is C26H31N7O3. The molecule has 36 heavy (non-hydrogen) atoms. The average molecular weight is 490 g/mol. The molecule has 3 amide bonds. The minimum absolute atomic E-state index is 0.0193. The van der Waals surface area contributed by atoms with Gasteiger partial charge in [0, 0.05) is 50.9 Å². The zero-order valence-electron chi connectivity index (χ0n) is 20.7. The van der Waals surface area contributed by atoms with Gasteiger partial charge in [-0.05, 0) is 31.4 Å². The second-order valence-electron chi connectivity index (χ2n) is 9.43. The third-order valence-electron chi connectivity index (χ3n) is 6.85. The topological polar surface area (TPSA) is 105 Å². The van der Waals surface area contributed by atoms with Crippen LogP contribution in [0.15, 0.2) is 36.4 Å². The Morgan fingerprint density at radius 1 is 1.03 bits per heavy atom. The van der Waals surface area contributed by atoms with Gasteiger partial charge in [0.15, 0.2) is 5.69 Å². The number of hydrogen-bond acceptors (Lipinski definition) is 5. The molecule has 10 heteroatoms. The lowest BCUT2D eigenvalue weighted by Crippen LogP contribution is -2.50. The number of piperazine rings is 1. The van der Waals surface area contributed by atoms with E-state index in [-0.39, 0.29) is 24.3 Å². The van der Waals surface area contributed by atoms with E-state index in [1.54, 1.807) is 27.6 Å². The first-order chi connectivity index (χ1) is 17.4. The summed E-state index contributed by atoms with van der Waals surface area (Å²) < 4.78 is 3.53. The van der Waals surface area contributed by atoms with E-state index in [4.69, 9.17) is 5.10 Å². The van der Waals surface area contributed by atoms with Gasteiger partial charge in [0.05, 0.1) is 18.8 Å². The van der Waals surface area contributed by atoms with Crippen molar-refractivity contribution in [3.63, 3.8) is 0 Å². The predicted molar refractivity (Wildman–Crippen MR) is 132 cm³/mol. The molecule has 0 spiro atoms. The highest BCUT2D eigenvalue weighted by molar-refractivity contribution is 5.97. The fourth-order valence-corrected chi connectivity index (χ4v) is 5.03. The van der Waals surface area contributed by atoms with E-state index in [2.05, 4.69) is 22.5 Å². The summed E-state index contributed by atoms with van der Waals surface area (Å²) >= 11 is 0. The minimum Gasteiger partial charge on any atom is -0.353 e. The number of rotatable bonds is 6. The summed E-state index contributed by atoms with van der Waals surface area (Å²) in [7, 11) is 1.76. The molecule has 2 aliphatic heterocycles. The van der Waals surface area contributed by atoms with Crippen LogP contribution in [0.1, 0.15) is 49.9 Å². The summed E-state index contributed by atoms with van der Waals surface area (Å²) in [5.74, 6) is -0.543. The van der Waals surface area contributed by atoms with Crippen molar-refractivity contribution >= 4 is 17.7 Å². The summed E-state index contributed by atoms with van der Waals surface area (Å²) in [6, 6.07) is 12.1. The lowest BCUT2D eigenvalue weighted by molar-refractivity contribution is -0.123. The highest BCUT2D eigenvalue weighted by Gasteiger charge is 2.34. The molecule has 1 N–H and O–H groups in total. The van der Waals surface area contributed by atoms with Gasteiger partial charge >= 0.3 is 0 Å². The molecule has 0 radical (unpaired) electrons. The molecule has 2 aromatic heterocycles. The Labute approximate surface area is 209 Å². The molecule has 188 valence electrons. The Balaban J connectivity index is 1.41. The molecule has 1 aromatic carbocycles. The van der Waals surface area contributed by atoms with Gasteiger partial charge in [-0.2, -0.15) is 10.2 Å². The predicted octanol–water partition coefficient (Wildman–Crippen LogP) is 1.33. The first-order valence-electron chi connectivity index (χ1n) is 12.4. The lowest BCUT2D eigenvalue weighted by atomic mass is 10.0. The lowest BCUT2D eigenvalue weighted by Gasteiger charge is -2.29. The summed E-state index contributed by atoms with van der Waals surface area (Å²) in [5, 5.41) is 11.8. The Bertz CT molecular complexity index is 1290. The normalized spacial score (nSPS) is 15.6. The van der Waals surface area contributed by atoms with Crippen LogP contribution in [0.2, 0.25) is 0 Å². The highest BCUT2D eigenvalue weighted by atomic mass is 16.2. The van der Waals surface area contributed by atoms with Crippen molar-refractivity contribution in [2.75, 3.05) is 26.2 Å². The van der Waals surface area contributed by atoms with Crippen molar-refractivity contribution in [1.29, 1.82) is 0 Å². The Morgan fingerprint density at radius 2 is 1.81 bits per heavy atom. The van der Waals surface area contributed by atoms with Crippen molar-refractivity contribution in [2.24, 2.45) is 7.05 Å². The zero-order chi connectivity index (χ0) is 25.2. The van der Waals surface area contributed by atoms with E-state index < -0.39 is 0 Å². The quantitative estimate of drug-likeness (QED) is 0.563. The van der Waals surface area contributed by atoms with Crippen molar-refractivity contribution in [3.05, 3.63) is 70.3 Å². The standard InChI is InChI=1S/C26H31N7O3/c1-18-15-22(30(2)28-18)25(35)31-13-10-21-20(16-31)24(26(36)32-14-11-27-23(34)17-32)29-33(21)12-6-9-19-7-4-3-5-8-19/h3-5,7-8,15H,6,9-14,16-17H2,1-2H3,(H,27,34). The second kappa shape index (κ2) is 9.96. The molecule has 1 fully saturated rings. The van der Waals surface area contributed by atoms with Gasteiger partial charge in [0.1, 0.15) is 5.69 Å². The summed E-state index contributed by atoms with van der Waals surface area (Å²) in [6.07, 6.45) is 2.41. The van der Waals surface area contributed by atoms with Gasteiger partial charge in [0.2, 0.25) is 5.91 Å². The van der Waals surface area contributed by atoms with Crippen LogP contribution in [0.25, 0.3) is 0 Å². The number of aryl methyl sites for hydroxylation is 4. The molecule has 4 heterocycles. The Hall–Kier alpha value is -3.95. The van der Waals surface area contributed by atoms with Crippen molar-refractivity contribution < 1.29 is 14.4 Å². The summed E-state index contributed by atoms with van der Waals surface area (Å²) in [5.41, 5.74) is 4.69. The van der Waals surface area contributed by atoms with Gasteiger partial charge in [0.25, 0.3) is 11.8 Å². The van der Waals surface area contributed by atoms with E-state index in [0.29, 0.717) is 50.5 Å². The van der Waals surface area contributed by atoms with Crippen LogP contribution in [-0.4, -0.2) is 73.3 Å². The first-order valence-corrected chi connectivity index (χ1v) is 12.4. The average Bonchev–Trinajstić information content (AvgIpc) is 3.42. The van der Waals surface area contributed by atoms with Crippen LogP contribution in [0, 0.1) is 6.92 Å². The number of nitrogens with zero attached hydrogens (tertiary/aromatic N) is 6. The maximum Gasteiger partial charge on any atom is 0.275 e. The van der Waals surface area contributed by atoms with Gasteiger partial charge in [-0.1, -0.05) is 30.3 Å². The van der Waals surface area contributed by atoms with Gasteiger partial charge in [-0.3, -0.25) is 23.7 Å². The zero-order valence-corrected chi connectivity index (χ0v) is 20.7. The van der Waals surface area contributed by atoms with Crippen LogP contribution < -0.4 is 5.32 Å². The SMILES string of the molecule is Cc1cc(C(=O)N2CCc3c(c(C(=O)N4CCNC(=O)C4)nn3CCCc3ccccc3)C2)n(C)n1. The van der Waals surface area contributed by atoms with Crippen molar-refractivity contribution in [3.8, 4) is 0 Å². The molecule has 1 saturated heterocycles. The number of benzene rings is 1. The molecular weight excluding hydrogens is 458 g/mol. The van der Waals surface area contributed by atoms with E-state index >= 15 is 0 Å². The number of fused-ring (bicyclic) bond motifs is 1. The van der Waals surface area contributed by atoms with E-state index in [1.807, 2.05) is 29.8 Å². The Kier molecular flexibility index (Phi) is 6.58. The molecule has 0 aliphatic carbocycles. The number of carbonyl (C=O) groups is 3. The molecule has 0 bridgehead atoms. The molecule has 0 atom stereocenters. The summed E-state index contributed by atoms with van der Waals surface area (Å²) in [4.78, 5) is 42.0. The number of aromatic nitrogens is 4. The van der Waals surface area contributed by atoms with Crippen LogP contribution in [-0.2, 0) is 37.8 Å². The number of carbonyl (C=O) groups excluding carboxylic acids is 3. The molecule has 5 rings (SSSR count). The number of nitrogens with one attached hydrogen (secondary N) is 1. The largest absolute Gasteiger partial charge is 0.353 e. The fourth-order valence-electron chi connectivity index (χ4n) is 5.03. The van der Waals surface area contributed by atoms with Crippen molar-refractivity contribution in [2.45, 2.75) is 39.3 Å². The monoisotopic (exact) mass is 489 g/mol. The van der Waals surface area contributed by atoms with E-state index in [0.717, 1.165) is 29.8 Å². The molecule has 0 unspecified atom stereocenters. The van der Waals surface area contributed by atoms with E-state index in [9.17, 15) is 14.4 Å². The molecule has 3 aromatic rings. The molecule has 0 saturated carbocycles. The first kappa shape index (κ1) is 23.8. The third kappa shape index (κ3) is 4.75. The summed E-state index contributed by atoms with van der Waals surface area (Å²) in [6.45, 7) is 4.27. The number of amides is 3. The third-order valence-corrected chi connectivity index (χ3v) is 6.85. The van der Waals surface area contributed by atoms with Crippen molar-refractivity contribution in [1.82, 2.24) is 34.7 Å². The number of hydrogen-bond donors (Lipinski definition) is 1. The van der Waals surface area contributed by atoms with Gasteiger partial charge in [-0.15, -0.1) is 0 Å². The smallest absolute Gasteiger partial charge is 0.275 e. The van der Waals surface area contributed by atoms with Crippen LogP contribution >= 0.6 is 0 Å². The maximum absolute atomic E-state index is 13.5. The highest BCUT2D eigenvalue weighted by Crippen LogP contribution is 2.26. The van der Waals surface area contributed by atoms with Gasteiger partial charge in [-0.25, -0.2) is 0 Å². The fraction of sp³-hybridized carbons (Fsp3) is 0.423. The minimum atomic E-state index is -0.256. The van der Waals surface area contributed by atoms with Gasteiger partial charge < -0.3 is 15.1 Å². The molecule has 10 nitrogen and oxygen atoms in total. The molecule has 2 aliphatic rings. The van der Waals surface area contributed by atoms with E-state index in [1.165, 1.54) is 5.56 Å². The Morgan fingerprint density at radius 3 is 2.53 bits per heavy atom. The second-order valence-corrected chi connectivity index (χ2v) is 9.43. The van der Waals surface area contributed by atoms with Crippen LogP contribution in [0.3, 0.4) is 0 Å². The van der Waals surface area contributed by atoms with Crippen LogP contribution in [0.5, 0.6) is 0 Å². The van der Waals surface area contributed by atoms with Crippen LogP contribution in [0.4, 0.5) is 0 Å².